The van der Waals surface area contributed by atoms with Gasteiger partial charge in [-0.05, 0) is 6.42 Å². The number of Topliss-reactive ketones (excluding diaryl/α,β-unsaturated/α-hetero) is 1. The van der Waals surface area contributed by atoms with E-state index >= 15 is 0 Å². The lowest BCUT2D eigenvalue weighted by Gasteiger charge is -2.31. The van der Waals surface area contributed by atoms with Gasteiger partial charge in [-0.15, -0.1) is 0 Å². The molecule has 0 unspecified atom stereocenters. The number of hydrogen-bond acceptors (Lipinski definition) is 3. The van der Waals surface area contributed by atoms with Crippen LogP contribution in [-0.4, -0.2) is 54.1 Å². The van der Waals surface area contributed by atoms with Crippen LogP contribution >= 0.6 is 0 Å². The molecule has 5 nitrogen and oxygen atoms in total. The molecule has 0 atom stereocenters. The van der Waals surface area contributed by atoms with Crippen molar-refractivity contribution in [3.05, 3.63) is 35.9 Å². The highest BCUT2D eigenvalue weighted by molar-refractivity contribution is 5.96. The number of amides is 2. The number of likely N-dealkylation sites (N-methyl/N-ethyl adjacent to an activating group) is 1. The van der Waals surface area contributed by atoms with Gasteiger partial charge in [0.15, 0.2) is 5.78 Å². The highest BCUT2D eigenvalue weighted by Crippen LogP contribution is 2.08. The Morgan fingerprint density at radius 1 is 1.10 bits per heavy atom. The third-order valence-electron chi connectivity index (χ3n) is 3.40. The Hall–Kier alpha value is -2.17. The lowest BCUT2D eigenvalue weighted by atomic mass is 10.1. The van der Waals surface area contributed by atoms with Gasteiger partial charge < -0.3 is 9.80 Å². The first-order chi connectivity index (χ1) is 9.58. The van der Waals surface area contributed by atoms with Crippen molar-refractivity contribution >= 4 is 17.6 Å². The monoisotopic (exact) mass is 274 g/mol. The SMILES string of the molecule is CN1CC(=O)N(CCCC(=O)c2ccccc2)CC1=O. The third-order valence-corrected chi connectivity index (χ3v) is 3.40. The van der Waals surface area contributed by atoms with Gasteiger partial charge in [0, 0.05) is 25.6 Å². The van der Waals surface area contributed by atoms with Crippen LogP contribution in [0.15, 0.2) is 30.3 Å². The van der Waals surface area contributed by atoms with E-state index in [0.717, 1.165) is 0 Å². The van der Waals surface area contributed by atoms with Gasteiger partial charge in [-0.1, -0.05) is 30.3 Å². The van der Waals surface area contributed by atoms with Crippen molar-refractivity contribution < 1.29 is 14.4 Å². The molecular weight excluding hydrogens is 256 g/mol. The van der Waals surface area contributed by atoms with E-state index in [9.17, 15) is 14.4 Å². The highest BCUT2D eigenvalue weighted by Gasteiger charge is 2.26. The molecule has 1 aromatic carbocycles. The van der Waals surface area contributed by atoms with E-state index in [1.54, 1.807) is 19.2 Å². The second-order valence-corrected chi connectivity index (χ2v) is 4.96. The summed E-state index contributed by atoms with van der Waals surface area (Å²) in [5, 5.41) is 0. The van der Waals surface area contributed by atoms with Gasteiger partial charge in [-0.3, -0.25) is 14.4 Å². The van der Waals surface area contributed by atoms with Crippen LogP contribution in [0.5, 0.6) is 0 Å². The Bertz CT molecular complexity index is 513. The summed E-state index contributed by atoms with van der Waals surface area (Å²) < 4.78 is 0. The van der Waals surface area contributed by atoms with Gasteiger partial charge >= 0.3 is 0 Å². The molecule has 0 radical (unpaired) electrons. The van der Waals surface area contributed by atoms with Gasteiger partial charge in [0.1, 0.15) is 0 Å². The fraction of sp³-hybridized carbons (Fsp3) is 0.400. The molecule has 0 saturated carbocycles. The predicted molar refractivity (Wildman–Crippen MR) is 74.2 cm³/mol. The number of nitrogens with zero attached hydrogens (tertiary/aromatic N) is 2. The van der Waals surface area contributed by atoms with E-state index in [1.807, 2.05) is 18.2 Å². The number of carbonyl (C=O) groups is 3. The first-order valence-corrected chi connectivity index (χ1v) is 6.68. The predicted octanol–water partition coefficient (Wildman–Crippen LogP) is 0.950. The normalized spacial score (nSPS) is 15.7. The molecule has 0 bridgehead atoms. The maximum Gasteiger partial charge on any atom is 0.242 e. The molecule has 1 aliphatic rings. The van der Waals surface area contributed by atoms with E-state index in [-0.39, 0.29) is 30.7 Å². The summed E-state index contributed by atoms with van der Waals surface area (Å²) >= 11 is 0. The summed E-state index contributed by atoms with van der Waals surface area (Å²) in [7, 11) is 1.62. The second-order valence-electron chi connectivity index (χ2n) is 4.96. The van der Waals surface area contributed by atoms with Crippen LogP contribution in [0, 0.1) is 0 Å². The first-order valence-electron chi connectivity index (χ1n) is 6.68. The number of piperazine rings is 1. The van der Waals surface area contributed by atoms with Crippen LogP contribution in [0.1, 0.15) is 23.2 Å². The number of benzene rings is 1. The average Bonchev–Trinajstić information content (AvgIpc) is 2.45. The molecule has 0 spiro atoms. The number of rotatable bonds is 5. The van der Waals surface area contributed by atoms with Gasteiger partial charge in [0.2, 0.25) is 11.8 Å². The lowest BCUT2D eigenvalue weighted by Crippen LogP contribution is -2.52. The van der Waals surface area contributed by atoms with Crippen LogP contribution in [0.2, 0.25) is 0 Å². The van der Waals surface area contributed by atoms with Gasteiger partial charge in [0.25, 0.3) is 0 Å². The summed E-state index contributed by atoms with van der Waals surface area (Å²) in [6.07, 6.45) is 0.967. The minimum atomic E-state index is -0.0565. The Labute approximate surface area is 118 Å². The van der Waals surface area contributed by atoms with Crippen molar-refractivity contribution in [1.29, 1.82) is 0 Å². The van der Waals surface area contributed by atoms with E-state index < -0.39 is 0 Å². The molecule has 1 saturated heterocycles. The van der Waals surface area contributed by atoms with Crippen molar-refractivity contribution in [3.63, 3.8) is 0 Å². The Balaban J connectivity index is 1.80. The molecule has 0 aromatic heterocycles. The van der Waals surface area contributed by atoms with E-state index in [2.05, 4.69) is 0 Å². The summed E-state index contributed by atoms with van der Waals surface area (Å²) in [4.78, 5) is 38.1. The zero-order chi connectivity index (χ0) is 14.5. The molecule has 0 aliphatic carbocycles. The molecule has 2 rings (SSSR count). The average molecular weight is 274 g/mol. The molecule has 1 fully saturated rings. The molecule has 1 aromatic rings. The highest BCUT2D eigenvalue weighted by atomic mass is 16.2. The minimum Gasteiger partial charge on any atom is -0.335 e. The lowest BCUT2D eigenvalue weighted by molar-refractivity contribution is -0.148. The number of carbonyl (C=O) groups excluding carboxylic acids is 3. The van der Waals surface area contributed by atoms with Crippen LogP contribution < -0.4 is 0 Å². The fourth-order valence-electron chi connectivity index (χ4n) is 2.17. The summed E-state index contributed by atoms with van der Waals surface area (Å²) in [6, 6.07) is 9.09. The zero-order valence-electron chi connectivity index (χ0n) is 11.5. The Morgan fingerprint density at radius 3 is 2.50 bits per heavy atom. The first kappa shape index (κ1) is 14.2. The fourth-order valence-corrected chi connectivity index (χ4v) is 2.17. The second kappa shape index (κ2) is 6.32. The smallest absolute Gasteiger partial charge is 0.242 e. The van der Waals surface area contributed by atoms with Crippen LogP contribution in [0.3, 0.4) is 0 Å². The molecule has 1 aliphatic heterocycles. The van der Waals surface area contributed by atoms with E-state index in [4.69, 9.17) is 0 Å². The third kappa shape index (κ3) is 3.44. The molecule has 0 N–H and O–H groups in total. The maximum atomic E-state index is 11.9. The molecule has 5 heteroatoms. The Kier molecular flexibility index (Phi) is 4.50. The van der Waals surface area contributed by atoms with Crippen molar-refractivity contribution in [3.8, 4) is 0 Å². The van der Waals surface area contributed by atoms with E-state index in [1.165, 1.54) is 9.80 Å². The maximum absolute atomic E-state index is 11.9. The standard InChI is InChI=1S/C15H18N2O3/c1-16-10-15(20)17(11-14(16)19)9-5-8-13(18)12-6-3-2-4-7-12/h2-4,6-7H,5,8-11H2,1H3. The zero-order valence-corrected chi connectivity index (χ0v) is 11.5. The van der Waals surface area contributed by atoms with Crippen molar-refractivity contribution in [2.24, 2.45) is 0 Å². The Morgan fingerprint density at radius 2 is 1.80 bits per heavy atom. The van der Waals surface area contributed by atoms with Gasteiger partial charge in [0.05, 0.1) is 13.1 Å². The number of hydrogen-bond donors (Lipinski definition) is 0. The van der Waals surface area contributed by atoms with Crippen molar-refractivity contribution in [2.45, 2.75) is 12.8 Å². The minimum absolute atomic E-state index is 0.0562. The van der Waals surface area contributed by atoms with Gasteiger partial charge in [-0.2, -0.15) is 0 Å². The van der Waals surface area contributed by atoms with Crippen LogP contribution in [-0.2, 0) is 9.59 Å². The summed E-state index contributed by atoms with van der Waals surface area (Å²) in [5.74, 6) is -0.0447. The molecule has 106 valence electrons. The molecule has 1 heterocycles. The molecule has 20 heavy (non-hydrogen) atoms. The van der Waals surface area contributed by atoms with E-state index in [0.29, 0.717) is 24.9 Å². The van der Waals surface area contributed by atoms with Crippen molar-refractivity contribution in [1.82, 2.24) is 9.80 Å². The van der Waals surface area contributed by atoms with Crippen LogP contribution in [0.4, 0.5) is 0 Å². The topological polar surface area (TPSA) is 57.7 Å². The molecule has 2 amide bonds. The summed E-state index contributed by atoms with van der Waals surface area (Å²) in [5.41, 5.74) is 0.688. The van der Waals surface area contributed by atoms with Crippen LogP contribution in [0.25, 0.3) is 0 Å². The largest absolute Gasteiger partial charge is 0.335 e. The van der Waals surface area contributed by atoms with Gasteiger partial charge in [-0.25, -0.2) is 0 Å². The summed E-state index contributed by atoms with van der Waals surface area (Å²) in [6.45, 7) is 0.706. The quantitative estimate of drug-likeness (QED) is 0.751. The number of ketones is 1. The molecular formula is C15H18N2O3. The van der Waals surface area contributed by atoms with Crippen molar-refractivity contribution in [2.75, 3.05) is 26.7 Å².